The molecule has 25 heavy (non-hydrogen) atoms. The number of nitrogens with zero attached hydrogens (tertiary/aromatic N) is 3. The lowest BCUT2D eigenvalue weighted by Crippen LogP contribution is -2.45. The standard InChI is InChI=1S/C19H22FN3O2/c1-2-14-11-21-19(22-12-14)25-17-4-3-9-23(13-17)18(24)10-15-5-7-16(20)8-6-15/h5-8,11-12,17H,2-4,9-10,13H2,1H3. The van der Waals surface area contributed by atoms with Gasteiger partial charge in [0, 0.05) is 18.9 Å². The van der Waals surface area contributed by atoms with Gasteiger partial charge in [-0.3, -0.25) is 4.79 Å². The van der Waals surface area contributed by atoms with Gasteiger partial charge in [0.15, 0.2) is 0 Å². The van der Waals surface area contributed by atoms with E-state index in [1.54, 1.807) is 29.4 Å². The van der Waals surface area contributed by atoms with E-state index in [1.807, 2.05) is 6.92 Å². The lowest BCUT2D eigenvalue weighted by atomic mass is 10.1. The zero-order valence-electron chi connectivity index (χ0n) is 14.3. The molecular formula is C19H22FN3O2. The zero-order valence-corrected chi connectivity index (χ0v) is 14.3. The lowest BCUT2D eigenvalue weighted by Gasteiger charge is -2.32. The molecule has 2 aromatic rings. The maximum atomic E-state index is 13.0. The second-order valence-electron chi connectivity index (χ2n) is 6.25. The number of amides is 1. The first kappa shape index (κ1) is 17.3. The normalized spacial score (nSPS) is 17.4. The van der Waals surface area contributed by atoms with Crippen LogP contribution in [0.3, 0.4) is 0 Å². The molecule has 0 aliphatic carbocycles. The molecule has 0 spiro atoms. The fourth-order valence-electron chi connectivity index (χ4n) is 2.89. The van der Waals surface area contributed by atoms with E-state index in [0.717, 1.165) is 36.9 Å². The molecule has 1 fully saturated rings. The van der Waals surface area contributed by atoms with E-state index in [-0.39, 0.29) is 24.2 Å². The molecule has 132 valence electrons. The first-order chi connectivity index (χ1) is 12.1. The first-order valence-electron chi connectivity index (χ1n) is 8.64. The summed E-state index contributed by atoms with van der Waals surface area (Å²) in [6, 6.07) is 6.40. The van der Waals surface area contributed by atoms with Gasteiger partial charge in [-0.15, -0.1) is 0 Å². The predicted molar refractivity (Wildman–Crippen MR) is 91.7 cm³/mol. The topological polar surface area (TPSA) is 55.3 Å². The highest BCUT2D eigenvalue weighted by atomic mass is 19.1. The molecule has 1 aromatic heterocycles. The van der Waals surface area contributed by atoms with Crippen molar-refractivity contribution in [2.24, 2.45) is 0 Å². The summed E-state index contributed by atoms with van der Waals surface area (Å²) in [6.45, 7) is 3.29. The summed E-state index contributed by atoms with van der Waals surface area (Å²) < 4.78 is 18.8. The van der Waals surface area contributed by atoms with Gasteiger partial charge < -0.3 is 9.64 Å². The van der Waals surface area contributed by atoms with Gasteiger partial charge in [-0.2, -0.15) is 0 Å². The lowest BCUT2D eigenvalue weighted by molar-refractivity contribution is -0.133. The average Bonchev–Trinajstić information content (AvgIpc) is 2.64. The Labute approximate surface area is 146 Å². The Kier molecular flexibility index (Phi) is 5.58. The van der Waals surface area contributed by atoms with Gasteiger partial charge in [-0.25, -0.2) is 14.4 Å². The molecule has 2 heterocycles. The molecule has 0 saturated carbocycles. The summed E-state index contributed by atoms with van der Waals surface area (Å²) in [5.41, 5.74) is 1.88. The summed E-state index contributed by atoms with van der Waals surface area (Å²) in [6.07, 6.45) is 6.35. The van der Waals surface area contributed by atoms with E-state index in [9.17, 15) is 9.18 Å². The second-order valence-corrected chi connectivity index (χ2v) is 6.25. The molecule has 6 heteroatoms. The Morgan fingerprint density at radius 1 is 1.24 bits per heavy atom. The van der Waals surface area contributed by atoms with Crippen molar-refractivity contribution in [3.05, 3.63) is 53.6 Å². The van der Waals surface area contributed by atoms with Gasteiger partial charge in [-0.1, -0.05) is 19.1 Å². The quantitative estimate of drug-likeness (QED) is 0.838. The smallest absolute Gasteiger partial charge is 0.316 e. The number of hydrogen-bond acceptors (Lipinski definition) is 4. The Morgan fingerprint density at radius 3 is 2.64 bits per heavy atom. The van der Waals surface area contributed by atoms with E-state index >= 15 is 0 Å². The molecule has 3 rings (SSSR count). The molecule has 0 radical (unpaired) electrons. The van der Waals surface area contributed by atoms with Crippen molar-refractivity contribution >= 4 is 5.91 Å². The minimum Gasteiger partial charge on any atom is -0.458 e. The number of ether oxygens (including phenoxy) is 1. The van der Waals surface area contributed by atoms with Crippen LogP contribution in [0.5, 0.6) is 6.01 Å². The van der Waals surface area contributed by atoms with Crippen LogP contribution < -0.4 is 4.74 Å². The van der Waals surface area contributed by atoms with Crippen molar-refractivity contribution in [2.75, 3.05) is 13.1 Å². The van der Waals surface area contributed by atoms with Gasteiger partial charge in [0.2, 0.25) is 5.91 Å². The van der Waals surface area contributed by atoms with Crippen LogP contribution in [0.25, 0.3) is 0 Å². The van der Waals surface area contributed by atoms with Crippen molar-refractivity contribution < 1.29 is 13.9 Å². The molecule has 1 aliphatic rings. The number of aromatic nitrogens is 2. The van der Waals surface area contributed by atoms with Crippen LogP contribution in [-0.4, -0.2) is 40.0 Å². The molecule has 1 amide bonds. The highest BCUT2D eigenvalue weighted by Gasteiger charge is 2.25. The van der Waals surface area contributed by atoms with Gasteiger partial charge in [-0.05, 0) is 42.5 Å². The molecule has 1 saturated heterocycles. The molecule has 5 nitrogen and oxygen atoms in total. The van der Waals surface area contributed by atoms with Crippen molar-refractivity contribution in [2.45, 2.75) is 38.7 Å². The molecule has 1 atom stereocenters. The van der Waals surface area contributed by atoms with Gasteiger partial charge >= 0.3 is 6.01 Å². The average molecular weight is 343 g/mol. The zero-order chi connectivity index (χ0) is 17.6. The van der Waals surface area contributed by atoms with E-state index in [0.29, 0.717) is 12.6 Å². The number of hydrogen-bond donors (Lipinski definition) is 0. The monoisotopic (exact) mass is 343 g/mol. The third-order valence-corrected chi connectivity index (χ3v) is 4.36. The Hall–Kier alpha value is -2.50. The van der Waals surface area contributed by atoms with Gasteiger partial charge in [0.05, 0.1) is 13.0 Å². The van der Waals surface area contributed by atoms with Crippen molar-refractivity contribution in [1.82, 2.24) is 14.9 Å². The fraction of sp³-hybridized carbons (Fsp3) is 0.421. The molecule has 1 aromatic carbocycles. The number of benzene rings is 1. The Bertz CT molecular complexity index is 704. The Morgan fingerprint density at radius 2 is 1.96 bits per heavy atom. The number of aryl methyl sites for hydroxylation is 1. The second kappa shape index (κ2) is 8.05. The number of piperidine rings is 1. The van der Waals surface area contributed by atoms with Crippen LogP contribution in [0.2, 0.25) is 0 Å². The third-order valence-electron chi connectivity index (χ3n) is 4.36. The van der Waals surface area contributed by atoms with Gasteiger partial charge in [0.1, 0.15) is 11.9 Å². The summed E-state index contributed by atoms with van der Waals surface area (Å²) in [5, 5.41) is 0. The fourth-order valence-corrected chi connectivity index (χ4v) is 2.89. The number of rotatable bonds is 5. The van der Waals surface area contributed by atoms with Crippen LogP contribution in [0.4, 0.5) is 4.39 Å². The summed E-state index contributed by atoms with van der Waals surface area (Å²) in [7, 11) is 0. The minimum atomic E-state index is -0.295. The van der Waals surface area contributed by atoms with E-state index < -0.39 is 0 Å². The largest absolute Gasteiger partial charge is 0.458 e. The predicted octanol–water partition coefficient (Wildman–Crippen LogP) is 2.79. The van der Waals surface area contributed by atoms with E-state index in [1.165, 1.54) is 12.1 Å². The summed E-state index contributed by atoms with van der Waals surface area (Å²) in [4.78, 5) is 22.7. The van der Waals surface area contributed by atoms with Crippen molar-refractivity contribution in [3.63, 3.8) is 0 Å². The minimum absolute atomic E-state index is 0.0298. The third kappa shape index (κ3) is 4.75. The number of carbonyl (C=O) groups is 1. The van der Waals surface area contributed by atoms with Crippen molar-refractivity contribution in [1.29, 1.82) is 0 Å². The SMILES string of the molecule is CCc1cnc(OC2CCCN(C(=O)Cc3ccc(F)cc3)C2)nc1. The van der Waals surface area contributed by atoms with Crippen LogP contribution >= 0.6 is 0 Å². The molecule has 0 N–H and O–H groups in total. The molecular weight excluding hydrogens is 321 g/mol. The van der Waals surface area contributed by atoms with Crippen LogP contribution in [-0.2, 0) is 17.6 Å². The molecule has 1 unspecified atom stereocenters. The molecule has 0 bridgehead atoms. The summed E-state index contributed by atoms with van der Waals surface area (Å²) in [5.74, 6) is -0.265. The van der Waals surface area contributed by atoms with Crippen molar-refractivity contribution in [3.8, 4) is 6.01 Å². The Balaban J connectivity index is 1.56. The van der Waals surface area contributed by atoms with E-state index in [4.69, 9.17) is 4.74 Å². The van der Waals surface area contributed by atoms with Crippen LogP contribution in [0.1, 0.15) is 30.9 Å². The number of halogens is 1. The maximum absolute atomic E-state index is 13.0. The first-order valence-corrected chi connectivity index (χ1v) is 8.64. The number of carbonyl (C=O) groups excluding carboxylic acids is 1. The number of likely N-dealkylation sites (tertiary alicyclic amines) is 1. The summed E-state index contributed by atoms with van der Waals surface area (Å²) >= 11 is 0. The highest BCUT2D eigenvalue weighted by Crippen LogP contribution is 2.17. The molecule has 1 aliphatic heterocycles. The maximum Gasteiger partial charge on any atom is 0.316 e. The van der Waals surface area contributed by atoms with E-state index in [2.05, 4.69) is 9.97 Å². The highest BCUT2D eigenvalue weighted by molar-refractivity contribution is 5.78. The van der Waals surface area contributed by atoms with Gasteiger partial charge in [0.25, 0.3) is 0 Å². The van der Waals surface area contributed by atoms with Crippen LogP contribution in [0.15, 0.2) is 36.7 Å². The van der Waals surface area contributed by atoms with Crippen LogP contribution in [0, 0.1) is 5.82 Å².